The highest BCUT2D eigenvalue weighted by atomic mass is 19.1. The van der Waals surface area contributed by atoms with Crippen LogP contribution in [0.1, 0.15) is 23.2 Å². The molecule has 0 unspecified atom stereocenters. The summed E-state index contributed by atoms with van der Waals surface area (Å²) in [6.45, 7) is 1.16. The lowest BCUT2D eigenvalue weighted by atomic mass is 10.2. The molecular weight excluding hydrogens is 349 g/mol. The molecule has 1 heterocycles. The van der Waals surface area contributed by atoms with Crippen molar-refractivity contribution in [3.05, 3.63) is 59.9 Å². The van der Waals surface area contributed by atoms with Crippen LogP contribution in [-0.4, -0.2) is 38.2 Å². The van der Waals surface area contributed by atoms with Crippen LogP contribution in [0.15, 0.2) is 53.5 Å². The van der Waals surface area contributed by atoms with Gasteiger partial charge in [-0.2, -0.15) is 0 Å². The number of nitrogens with one attached hydrogen (secondary N) is 2. The Morgan fingerprint density at radius 3 is 2.89 bits per heavy atom. The second-order valence-electron chi connectivity index (χ2n) is 6.15. The van der Waals surface area contributed by atoms with Gasteiger partial charge in [-0.05, 0) is 43.2 Å². The third kappa shape index (κ3) is 5.52. The molecule has 0 aliphatic carbocycles. The Morgan fingerprint density at radius 1 is 1.30 bits per heavy atom. The fourth-order valence-corrected chi connectivity index (χ4v) is 2.74. The van der Waals surface area contributed by atoms with E-state index in [1.165, 1.54) is 18.2 Å². The van der Waals surface area contributed by atoms with Crippen LogP contribution >= 0.6 is 0 Å². The Morgan fingerprint density at radius 2 is 2.15 bits per heavy atom. The first kappa shape index (κ1) is 18.8. The molecule has 1 amide bonds. The molecule has 0 radical (unpaired) electrons. The van der Waals surface area contributed by atoms with E-state index in [1.54, 1.807) is 19.2 Å². The number of ether oxygens (including phenoxy) is 2. The molecule has 1 aliphatic heterocycles. The van der Waals surface area contributed by atoms with Gasteiger partial charge in [0.2, 0.25) is 5.96 Å². The summed E-state index contributed by atoms with van der Waals surface area (Å²) in [6, 6.07) is 12.8. The average molecular weight is 371 g/mol. The molecule has 0 aromatic heterocycles. The third-order valence-electron chi connectivity index (χ3n) is 4.13. The average Bonchev–Trinajstić information content (AvgIpc) is 3.20. The Labute approximate surface area is 157 Å². The zero-order valence-electron chi connectivity index (χ0n) is 15.1. The number of carbonyl (C=O) groups is 1. The maximum absolute atomic E-state index is 13.4. The summed E-state index contributed by atoms with van der Waals surface area (Å²) in [5.74, 6) is 0.0279. The standard InChI is InChI=1S/C20H22FN3O3/c1-26-17-8-3-7-16(12-17)23-20(22-13-18-9-4-10-27-18)24-19(25)14-5-2-6-15(21)11-14/h2-3,5-8,11-12,18H,4,9-10,13H2,1H3,(H2,22,23,24,25)/t18-/m0/s1. The van der Waals surface area contributed by atoms with E-state index in [-0.39, 0.29) is 17.6 Å². The van der Waals surface area contributed by atoms with Crippen molar-refractivity contribution < 1.29 is 18.7 Å². The molecule has 0 saturated carbocycles. The molecule has 0 spiro atoms. The molecule has 3 rings (SSSR count). The van der Waals surface area contributed by atoms with Crippen molar-refractivity contribution in [1.82, 2.24) is 5.32 Å². The van der Waals surface area contributed by atoms with Crippen LogP contribution in [0.5, 0.6) is 5.75 Å². The lowest BCUT2D eigenvalue weighted by molar-refractivity contribution is 0.0975. The molecule has 1 aliphatic rings. The number of halogens is 1. The first-order valence-electron chi connectivity index (χ1n) is 8.78. The topological polar surface area (TPSA) is 71.9 Å². The summed E-state index contributed by atoms with van der Waals surface area (Å²) >= 11 is 0. The summed E-state index contributed by atoms with van der Waals surface area (Å²) in [6.07, 6.45) is 1.99. The van der Waals surface area contributed by atoms with Crippen LogP contribution in [0.3, 0.4) is 0 Å². The van der Waals surface area contributed by atoms with E-state index in [4.69, 9.17) is 9.47 Å². The van der Waals surface area contributed by atoms with Crippen molar-refractivity contribution >= 4 is 17.6 Å². The smallest absolute Gasteiger partial charge is 0.258 e. The van der Waals surface area contributed by atoms with Crippen LogP contribution in [-0.2, 0) is 4.74 Å². The SMILES string of the molecule is COc1cccc(NC(=NC[C@@H]2CCCO2)NC(=O)c2cccc(F)c2)c1. The number of hydrogen-bond donors (Lipinski definition) is 2. The normalized spacial score (nSPS) is 16.8. The molecule has 27 heavy (non-hydrogen) atoms. The van der Waals surface area contributed by atoms with Crippen LogP contribution in [0.4, 0.5) is 10.1 Å². The minimum atomic E-state index is -0.471. The zero-order valence-corrected chi connectivity index (χ0v) is 15.1. The van der Waals surface area contributed by atoms with Gasteiger partial charge in [0, 0.05) is 23.9 Å². The predicted octanol–water partition coefficient (Wildman–Crippen LogP) is 3.21. The highest BCUT2D eigenvalue weighted by Crippen LogP contribution is 2.17. The summed E-state index contributed by atoms with van der Waals surface area (Å²) in [5, 5.41) is 5.79. The van der Waals surface area contributed by atoms with E-state index in [1.807, 2.05) is 18.2 Å². The van der Waals surface area contributed by atoms with Gasteiger partial charge in [0.25, 0.3) is 5.91 Å². The number of carbonyl (C=O) groups excluding carboxylic acids is 1. The molecule has 1 saturated heterocycles. The molecule has 142 valence electrons. The number of nitrogens with zero attached hydrogens (tertiary/aromatic N) is 1. The Balaban J connectivity index is 1.75. The number of hydrogen-bond acceptors (Lipinski definition) is 4. The molecule has 6 nitrogen and oxygen atoms in total. The molecule has 2 N–H and O–H groups in total. The van der Waals surface area contributed by atoms with Crippen LogP contribution < -0.4 is 15.4 Å². The number of rotatable bonds is 5. The van der Waals surface area contributed by atoms with Crippen LogP contribution in [0, 0.1) is 5.82 Å². The minimum Gasteiger partial charge on any atom is -0.497 e. The number of guanidine groups is 1. The quantitative estimate of drug-likeness (QED) is 0.625. The third-order valence-corrected chi connectivity index (χ3v) is 4.13. The molecule has 0 bridgehead atoms. The minimum absolute atomic E-state index is 0.0400. The van der Waals surface area contributed by atoms with E-state index in [2.05, 4.69) is 15.6 Å². The van der Waals surface area contributed by atoms with E-state index in [0.29, 0.717) is 18.0 Å². The summed E-state index contributed by atoms with van der Waals surface area (Å²) < 4.78 is 24.2. The highest BCUT2D eigenvalue weighted by molar-refractivity contribution is 6.10. The fraction of sp³-hybridized carbons (Fsp3) is 0.300. The molecule has 1 fully saturated rings. The predicted molar refractivity (Wildman–Crippen MR) is 102 cm³/mol. The van der Waals surface area contributed by atoms with Crippen molar-refractivity contribution in [3.63, 3.8) is 0 Å². The van der Waals surface area contributed by atoms with E-state index >= 15 is 0 Å². The Kier molecular flexibility index (Phi) is 6.38. The van der Waals surface area contributed by atoms with Gasteiger partial charge in [-0.1, -0.05) is 12.1 Å². The van der Waals surface area contributed by atoms with Crippen molar-refractivity contribution in [1.29, 1.82) is 0 Å². The second-order valence-corrected chi connectivity index (χ2v) is 6.15. The largest absolute Gasteiger partial charge is 0.497 e. The Hall–Kier alpha value is -2.93. The van der Waals surface area contributed by atoms with Gasteiger partial charge in [0.15, 0.2) is 0 Å². The van der Waals surface area contributed by atoms with Gasteiger partial charge in [-0.15, -0.1) is 0 Å². The van der Waals surface area contributed by atoms with Gasteiger partial charge < -0.3 is 14.8 Å². The van der Waals surface area contributed by atoms with E-state index < -0.39 is 11.7 Å². The number of anilines is 1. The molecule has 1 atom stereocenters. The monoisotopic (exact) mass is 371 g/mol. The number of aliphatic imine (C=N–C) groups is 1. The number of methoxy groups -OCH3 is 1. The molecule has 7 heteroatoms. The van der Waals surface area contributed by atoms with Gasteiger partial charge in [0.05, 0.1) is 19.8 Å². The van der Waals surface area contributed by atoms with Crippen molar-refractivity contribution in [2.75, 3.05) is 25.6 Å². The molecule has 2 aromatic rings. The van der Waals surface area contributed by atoms with Gasteiger partial charge in [-0.3, -0.25) is 10.1 Å². The van der Waals surface area contributed by atoms with Gasteiger partial charge in [-0.25, -0.2) is 9.38 Å². The lowest BCUT2D eigenvalue weighted by Crippen LogP contribution is -2.36. The summed E-state index contributed by atoms with van der Waals surface area (Å²) in [7, 11) is 1.58. The molecule has 2 aromatic carbocycles. The fourth-order valence-electron chi connectivity index (χ4n) is 2.74. The first-order chi connectivity index (χ1) is 13.1. The zero-order chi connectivity index (χ0) is 19.1. The molecular formula is C20H22FN3O3. The maximum atomic E-state index is 13.4. The van der Waals surface area contributed by atoms with Crippen LogP contribution in [0.2, 0.25) is 0 Å². The van der Waals surface area contributed by atoms with Gasteiger partial charge in [0.1, 0.15) is 11.6 Å². The van der Waals surface area contributed by atoms with E-state index in [0.717, 1.165) is 19.4 Å². The van der Waals surface area contributed by atoms with Gasteiger partial charge >= 0.3 is 0 Å². The van der Waals surface area contributed by atoms with Crippen molar-refractivity contribution in [3.8, 4) is 5.75 Å². The maximum Gasteiger partial charge on any atom is 0.258 e. The van der Waals surface area contributed by atoms with E-state index in [9.17, 15) is 9.18 Å². The lowest BCUT2D eigenvalue weighted by Gasteiger charge is -2.14. The Bertz CT molecular complexity index is 820. The van der Waals surface area contributed by atoms with Crippen LogP contribution in [0.25, 0.3) is 0 Å². The van der Waals surface area contributed by atoms with Crippen molar-refractivity contribution in [2.45, 2.75) is 18.9 Å². The second kappa shape index (κ2) is 9.14. The highest BCUT2D eigenvalue weighted by Gasteiger charge is 2.16. The number of amides is 1. The summed E-state index contributed by atoms with van der Waals surface area (Å²) in [5.41, 5.74) is 0.923. The first-order valence-corrected chi connectivity index (χ1v) is 8.78. The van der Waals surface area contributed by atoms with Crippen molar-refractivity contribution in [2.24, 2.45) is 4.99 Å². The number of benzene rings is 2. The summed E-state index contributed by atoms with van der Waals surface area (Å²) in [4.78, 5) is 16.9.